The Morgan fingerprint density at radius 2 is 1.94 bits per heavy atom. The molecule has 0 saturated carbocycles. The summed E-state index contributed by atoms with van der Waals surface area (Å²) in [4.78, 5) is 49.6. The fraction of sp³-hybridized carbons (Fsp3) is 0.462. The van der Waals surface area contributed by atoms with Gasteiger partial charge in [-0.15, -0.1) is 23.1 Å². The molecule has 192 valence electrons. The second kappa shape index (κ2) is 11.1. The van der Waals surface area contributed by atoms with Gasteiger partial charge in [0.15, 0.2) is 11.6 Å². The average molecular weight is 532 g/mol. The summed E-state index contributed by atoms with van der Waals surface area (Å²) in [5.41, 5.74) is 2.68. The molecule has 0 unspecified atom stereocenters. The van der Waals surface area contributed by atoms with Crippen LogP contribution >= 0.6 is 23.1 Å². The van der Waals surface area contributed by atoms with Crippen molar-refractivity contribution < 1.29 is 23.6 Å². The van der Waals surface area contributed by atoms with E-state index in [2.05, 4.69) is 10.6 Å². The number of piperidine rings is 1. The molecule has 1 fully saturated rings. The second-order valence-electron chi connectivity index (χ2n) is 9.29. The van der Waals surface area contributed by atoms with Crippen molar-refractivity contribution in [3.8, 4) is 0 Å². The fourth-order valence-electron chi connectivity index (χ4n) is 4.82. The third-order valence-corrected chi connectivity index (χ3v) is 9.68. The number of ketones is 2. The Labute approximate surface area is 218 Å². The summed E-state index contributed by atoms with van der Waals surface area (Å²) >= 11 is 3.08. The van der Waals surface area contributed by atoms with E-state index in [0.29, 0.717) is 38.0 Å². The molecule has 3 aliphatic rings. The van der Waals surface area contributed by atoms with Gasteiger partial charge in [-0.2, -0.15) is 0 Å². The Kier molecular flexibility index (Phi) is 8.14. The van der Waals surface area contributed by atoms with Crippen LogP contribution < -0.4 is 10.6 Å². The third kappa shape index (κ3) is 5.64. The Hall–Kier alpha value is -2.72. The molecule has 1 aromatic heterocycles. The van der Waals surface area contributed by atoms with Crippen molar-refractivity contribution in [2.24, 2.45) is 0 Å². The normalized spacial score (nSPS) is 18.0. The fourth-order valence-corrected chi connectivity index (χ4v) is 7.52. The van der Waals surface area contributed by atoms with Crippen molar-refractivity contribution >= 4 is 52.1 Å². The van der Waals surface area contributed by atoms with Crippen LogP contribution in [0.3, 0.4) is 0 Å². The zero-order chi connectivity index (χ0) is 25.9. The average Bonchev–Trinajstić information content (AvgIpc) is 3.17. The van der Waals surface area contributed by atoms with E-state index in [-0.39, 0.29) is 28.2 Å². The molecule has 1 saturated heterocycles. The highest BCUT2D eigenvalue weighted by Crippen LogP contribution is 2.48. The van der Waals surface area contributed by atoms with Gasteiger partial charge < -0.3 is 10.2 Å². The number of Topliss-reactive ketones (excluding diaryl/α,β-unsaturated/α-hetero) is 2. The molecule has 1 spiro atoms. The maximum Gasteiger partial charge on any atom is 0.319 e. The molecule has 3 heterocycles. The zero-order valence-electron chi connectivity index (χ0n) is 20.4. The molecule has 1 aliphatic carbocycles. The number of urea groups is 1. The molecule has 10 heteroatoms. The van der Waals surface area contributed by atoms with Gasteiger partial charge in [-0.1, -0.05) is 0 Å². The van der Waals surface area contributed by atoms with E-state index in [1.165, 1.54) is 23.5 Å². The van der Waals surface area contributed by atoms with Gasteiger partial charge in [0.05, 0.1) is 4.88 Å². The number of thiophene rings is 1. The molecule has 1 aromatic carbocycles. The first-order chi connectivity index (χ1) is 17.2. The highest BCUT2D eigenvalue weighted by molar-refractivity contribution is 8.01. The molecule has 2 aromatic rings. The van der Waals surface area contributed by atoms with Crippen LogP contribution in [-0.2, 0) is 11.2 Å². The van der Waals surface area contributed by atoms with Crippen LogP contribution in [0.4, 0.5) is 14.2 Å². The van der Waals surface area contributed by atoms with Crippen molar-refractivity contribution in [1.29, 1.82) is 0 Å². The van der Waals surface area contributed by atoms with Gasteiger partial charge in [0.2, 0.25) is 6.41 Å². The van der Waals surface area contributed by atoms with E-state index in [1.807, 2.05) is 13.8 Å². The van der Waals surface area contributed by atoms with Crippen LogP contribution in [0.1, 0.15) is 70.2 Å². The summed E-state index contributed by atoms with van der Waals surface area (Å²) in [7, 11) is 0. The van der Waals surface area contributed by atoms with E-state index < -0.39 is 0 Å². The Morgan fingerprint density at radius 1 is 1.19 bits per heavy atom. The number of fused-ring (bicyclic) bond motifs is 2. The minimum Gasteiger partial charge on any atom is -0.345 e. The van der Waals surface area contributed by atoms with Crippen LogP contribution in [-0.4, -0.2) is 53.3 Å². The molecule has 3 amide bonds. The lowest BCUT2D eigenvalue weighted by Gasteiger charge is -2.42. The number of nitrogens with one attached hydrogen (secondary N) is 2. The summed E-state index contributed by atoms with van der Waals surface area (Å²) in [5, 5.41) is 6.29. The predicted molar refractivity (Wildman–Crippen MR) is 140 cm³/mol. The van der Waals surface area contributed by atoms with E-state index >= 15 is 0 Å². The number of hydrogen-bond donors (Lipinski definition) is 2. The summed E-state index contributed by atoms with van der Waals surface area (Å²) < 4.78 is 13.1. The topological polar surface area (TPSA) is 95.6 Å². The number of carbonyl (C=O) groups excluding carboxylic acids is 4. The van der Waals surface area contributed by atoms with Gasteiger partial charge in [0, 0.05) is 47.7 Å². The number of rotatable bonds is 3. The van der Waals surface area contributed by atoms with E-state index in [0.717, 1.165) is 58.0 Å². The van der Waals surface area contributed by atoms with Gasteiger partial charge in [-0.25, -0.2) is 9.18 Å². The van der Waals surface area contributed by atoms with Crippen LogP contribution in [0.25, 0.3) is 0 Å². The Bertz CT molecular complexity index is 1190. The zero-order valence-corrected chi connectivity index (χ0v) is 22.1. The van der Waals surface area contributed by atoms with Crippen molar-refractivity contribution in [3.05, 3.63) is 45.6 Å². The van der Waals surface area contributed by atoms with Crippen molar-refractivity contribution in [2.45, 2.75) is 62.0 Å². The first kappa shape index (κ1) is 26.3. The van der Waals surface area contributed by atoms with Gasteiger partial charge in [-0.3, -0.25) is 19.7 Å². The minimum atomic E-state index is -0.362. The highest BCUT2D eigenvalue weighted by Gasteiger charge is 2.41. The maximum atomic E-state index is 13.2. The monoisotopic (exact) mass is 531 g/mol. The van der Waals surface area contributed by atoms with Crippen molar-refractivity contribution in [1.82, 2.24) is 10.2 Å². The molecule has 5 rings (SSSR count). The van der Waals surface area contributed by atoms with E-state index in [9.17, 15) is 23.6 Å². The summed E-state index contributed by atoms with van der Waals surface area (Å²) in [6.07, 6.45) is 5.45. The smallest absolute Gasteiger partial charge is 0.319 e. The molecule has 2 aliphatic heterocycles. The largest absolute Gasteiger partial charge is 0.345 e. The Balaban J connectivity index is 0.000000170. The summed E-state index contributed by atoms with van der Waals surface area (Å²) in [5.74, 6) is -0.129. The molecule has 36 heavy (non-hydrogen) atoms. The van der Waals surface area contributed by atoms with Gasteiger partial charge in [-0.05, 0) is 68.9 Å². The number of likely N-dealkylation sites (tertiary alicyclic amines) is 1. The number of thioether (sulfide) groups is 1. The first-order valence-corrected chi connectivity index (χ1v) is 13.8. The molecule has 0 atom stereocenters. The van der Waals surface area contributed by atoms with Crippen LogP contribution in [0.5, 0.6) is 0 Å². The first-order valence-electron chi connectivity index (χ1n) is 12.2. The van der Waals surface area contributed by atoms with E-state index in [4.69, 9.17) is 0 Å². The van der Waals surface area contributed by atoms with Gasteiger partial charge in [0.25, 0.3) is 0 Å². The minimum absolute atomic E-state index is 0.0211. The van der Waals surface area contributed by atoms with Crippen molar-refractivity contribution in [3.63, 3.8) is 0 Å². The Morgan fingerprint density at radius 3 is 2.61 bits per heavy atom. The molecular formula is C26H30FN3O4S2. The summed E-state index contributed by atoms with van der Waals surface area (Å²) in [6, 6.07) is 4.22. The molecule has 0 bridgehead atoms. The van der Waals surface area contributed by atoms with Gasteiger partial charge in [0.1, 0.15) is 10.8 Å². The number of nitrogens with zero attached hydrogens (tertiary/aromatic N) is 1. The molecule has 0 radical (unpaired) electrons. The quantitative estimate of drug-likeness (QED) is 0.530. The third-order valence-electron chi connectivity index (χ3n) is 6.83. The lowest BCUT2D eigenvalue weighted by molar-refractivity contribution is -0.119. The number of amides is 3. The predicted octanol–water partition coefficient (Wildman–Crippen LogP) is 5.21. The lowest BCUT2D eigenvalue weighted by Crippen LogP contribution is -2.44. The second-order valence-corrected chi connectivity index (χ2v) is 11.8. The summed E-state index contributed by atoms with van der Waals surface area (Å²) in [6.45, 7) is 5.82. The SMILES string of the molecule is CCNC(=O)Nc1sc2c(c1C)CCCC2=O.O=CN1CCC2(CC1)CC(=O)c1cc(F)ccc1S2. The van der Waals surface area contributed by atoms with Crippen LogP contribution in [0.15, 0.2) is 23.1 Å². The number of carbonyl (C=O) groups is 4. The standard InChI is InChI=1S/C14H14FNO2S.C12H16N2O2S/c15-10-1-2-13-11(7-10)12(18)8-14(19-13)3-5-16(9-17)6-4-14;1-3-13-12(16)14-11-7(2)8-5-4-6-9(15)10(8)17-11/h1-2,7,9H,3-6,8H2;3-6H2,1-2H3,(H2,13,14,16). The lowest BCUT2D eigenvalue weighted by atomic mass is 9.88. The number of hydrogen-bond acceptors (Lipinski definition) is 6. The molecule has 7 nitrogen and oxygen atoms in total. The maximum absolute atomic E-state index is 13.2. The molecule has 2 N–H and O–H groups in total. The number of benzene rings is 1. The van der Waals surface area contributed by atoms with E-state index in [1.54, 1.807) is 22.7 Å². The number of halogens is 1. The van der Waals surface area contributed by atoms with Crippen LogP contribution in [0, 0.1) is 12.7 Å². The van der Waals surface area contributed by atoms with Crippen molar-refractivity contribution in [2.75, 3.05) is 25.0 Å². The highest BCUT2D eigenvalue weighted by atomic mass is 32.2. The number of anilines is 1. The van der Waals surface area contributed by atoms with Gasteiger partial charge >= 0.3 is 6.03 Å². The molecular weight excluding hydrogens is 501 g/mol. The van der Waals surface area contributed by atoms with Crippen LogP contribution in [0.2, 0.25) is 0 Å².